The van der Waals surface area contributed by atoms with Crippen LogP contribution < -0.4 is 0 Å². The molecule has 0 bridgehead atoms. The topological polar surface area (TPSA) is 71.3 Å². The first kappa shape index (κ1) is 16.9. The summed E-state index contributed by atoms with van der Waals surface area (Å²) in [7, 11) is -1.60. The van der Waals surface area contributed by atoms with Gasteiger partial charge in [0.2, 0.25) is 0 Å². The van der Waals surface area contributed by atoms with E-state index in [4.69, 9.17) is 0 Å². The molecular formula is C15H27N5O2S. The fraction of sp³-hybridized carbons (Fsp3) is 0.867. The number of rotatable bonds is 5. The largest absolute Gasteiger partial charge is 0.281 e. The van der Waals surface area contributed by atoms with E-state index in [1.165, 1.54) is 12.7 Å². The van der Waals surface area contributed by atoms with Crippen molar-refractivity contribution in [3.63, 3.8) is 0 Å². The van der Waals surface area contributed by atoms with Crippen LogP contribution in [0.2, 0.25) is 0 Å². The second-order valence-corrected chi connectivity index (χ2v) is 8.79. The predicted octanol–water partition coefficient (Wildman–Crippen LogP) is 1.50. The Labute approximate surface area is 138 Å². The molecule has 2 aliphatic rings. The smallest absolute Gasteiger partial charge is 0.253 e. The van der Waals surface area contributed by atoms with Crippen LogP contribution in [0.25, 0.3) is 0 Å². The van der Waals surface area contributed by atoms with E-state index in [1.807, 2.05) is 0 Å². The molecule has 2 heterocycles. The van der Waals surface area contributed by atoms with Crippen LogP contribution in [0.15, 0.2) is 12.7 Å². The van der Waals surface area contributed by atoms with Gasteiger partial charge in [0.25, 0.3) is 10.2 Å². The fourth-order valence-corrected chi connectivity index (χ4v) is 5.50. The van der Waals surface area contributed by atoms with Gasteiger partial charge < -0.3 is 0 Å². The van der Waals surface area contributed by atoms with Crippen LogP contribution in [-0.4, -0.2) is 58.0 Å². The minimum atomic E-state index is -3.35. The molecule has 23 heavy (non-hydrogen) atoms. The average molecular weight is 341 g/mol. The van der Waals surface area contributed by atoms with E-state index in [-0.39, 0.29) is 6.04 Å². The first-order valence-corrected chi connectivity index (χ1v) is 10.0. The number of piperidine rings is 1. The van der Waals surface area contributed by atoms with Crippen molar-refractivity contribution in [2.75, 3.05) is 20.1 Å². The Morgan fingerprint density at radius 1 is 1.17 bits per heavy atom. The summed E-state index contributed by atoms with van der Waals surface area (Å²) in [5.41, 5.74) is 0. The van der Waals surface area contributed by atoms with Gasteiger partial charge >= 0.3 is 0 Å². The Morgan fingerprint density at radius 2 is 1.96 bits per heavy atom. The van der Waals surface area contributed by atoms with Crippen molar-refractivity contribution in [3.05, 3.63) is 12.7 Å². The molecule has 1 aromatic rings. The molecule has 0 unspecified atom stereocenters. The molecule has 1 saturated heterocycles. The molecule has 1 aliphatic heterocycles. The summed E-state index contributed by atoms with van der Waals surface area (Å²) in [5.74, 6) is 0.306. The molecule has 130 valence electrons. The third-order valence-corrected chi connectivity index (χ3v) is 7.18. The second-order valence-electron chi connectivity index (χ2n) is 6.80. The number of nitrogens with zero attached hydrogens (tertiary/aromatic N) is 5. The molecule has 0 amide bonds. The molecule has 1 aliphatic carbocycles. The average Bonchev–Trinajstić information content (AvgIpc) is 3.08. The summed E-state index contributed by atoms with van der Waals surface area (Å²) in [5, 5.41) is 4.13. The highest BCUT2D eigenvalue weighted by Crippen LogP contribution is 2.27. The third kappa shape index (κ3) is 3.92. The van der Waals surface area contributed by atoms with Gasteiger partial charge in [0.05, 0.1) is 0 Å². The quantitative estimate of drug-likeness (QED) is 0.814. The molecule has 1 aromatic heterocycles. The Bertz CT molecular complexity index is 583. The Hall–Kier alpha value is -0.990. The fourth-order valence-electron chi connectivity index (χ4n) is 3.79. The Balaban J connectivity index is 1.64. The van der Waals surface area contributed by atoms with Crippen LogP contribution in [0.1, 0.15) is 44.9 Å². The van der Waals surface area contributed by atoms with Crippen molar-refractivity contribution in [2.24, 2.45) is 5.92 Å². The monoisotopic (exact) mass is 341 g/mol. The van der Waals surface area contributed by atoms with E-state index in [0.717, 1.165) is 45.1 Å². The van der Waals surface area contributed by atoms with Crippen LogP contribution >= 0.6 is 0 Å². The first-order chi connectivity index (χ1) is 11.1. The zero-order chi connectivity index (χ0) is 16.3. The predicted molar refractivity (Wildman–Crippen MR) is 87.9 cm³/mol. The van der Waals surface area contributed by atoms with Gasteiger partial charge in [-0.3, -0.25) is 4.68 Å². The SMILES string of the molecule is CN(C1CCCCC1)S(=O)(=O)N1CCC[C@@H](Cn2cncn2)C1. The summed E-state index contributed by atoms with van der Waals surface area (Å²) in [4.78, 5) is 3.96. The van der Waals surface area contributed by atoms with Crippen molar-refractivity contribution in [1.29, 1.82) is 0 Å². The minimum absolute atomic E-state index is 0.171. The molecule has 3 rings (SSSR count). The molecular weight excluding hydrogens is 314 g/mol. The summed E-state index contributed by atoms with van der Waals surface area (Å²) >= 11 is 0. The van der Waals surface area contributed by atoms with Crippen molar-refractivity contribution in [1.82, 2.24) is 23.4 Å². The maximum absolute atomic E-state index is 12.9. The van der Waals surface area contributed by atoms with Gasteiger partial charge in [0, 0.05) is 32.7 Å². The van der Waals surface area contributed by atoms with Crippen molar-refractivity contribution in [3.8, 4) is 0 Å². The van der Waals surface area contributed by atoms with Crippen LogP contribution in [0.3, 0.4) is 0 Å². The Morgan fingerprint density at radius 3 is 2.65 bits per heavy atom. The number of hydrogen-bond acceptors (Lipinski definition) is 4. The normalized spacial score (nSPS) is 25.0. The van der Waals surface area contributed by atoms with Gasteiger partial charge in [-0.1, -0.05) is 19.3 Å². The van der Waals surface area contributed by atoms with Crippen LogP contribution in [0.5, 0.6) is 0 Å². The maximum Gasteiger partial charge on any atom is 0.281 e. The molecule has 0 N–H and O–H groups in total. The zero-order valence-electron chi connectivity index (χ0n) is 13.8. The standard InChI is InChI=1S/C15H27N5O2S/c1-18(15-7-3-2-4-8-15)23(21,22)20-9-5-6-14(11-20)10-19-13-16-12-17-19/h12-15H,2-11H2,1H3/t14-/m0/s1. The summed E-state index contributed by atoms with van der Waals surface area (Å²) in [6.45, 7) is 1.95. The Kier molecular flexibility index (Phi) is 5.33. The van der Waals surface area contributed by atoms with Crippen LogP contribution in [0, 0.1) is 5.92 Å². The van der Waals surface area contributed by atoms with E-state index in [1.54, 1.807) is 26.7 Å². The van der Waals surface area contributed by atoms with Gasteiger partial charge in [-0.25, -0.2) is 4.98 Å². The van der Waals surface area contributed by atoms with Crippen LogP contribution in [0.4, 0.5) is 0 Å². The molecule has 2 fully saturated rings. The highest BCUT2D eigenvalue weighted by Gasteiger charge is 2.35. The molecule has 8 heteroatoms. The second kappa shape index (κ2) is 7.27. The van der Waals surface area contributed by atoms with Gasteiger partial charge in [-0.15, -0.1) is 0 Å². The van der Waals surface area contributed by atoms with E-state index >= 15 is 0 Å². The summed E-state index contributed by atoms with van der Waals surface area (Å²) < 4.78 is 31.0. The van der Waals surface area contributed by atoms with Gasteiger partial charge in [0.15, 0.2) is 0 Å². The molecule has 0 radical (unpaired) electrons. The van der Waals surface area contributed by atoms with E-state index < -0.39 is 10.2 Å². The van der Waals surface area contributed by atoms with Crippen molar-refractivity contribution in [2.45, 2.75) is 57.5 Å². The highest BCUT2D eigenvalue weighted by atomic mass is 32.2. The molecule has 1 saturated carbocycles. The van der Waals surface area contributed by atoms with Gasteiger partial charge in [-0.05, 0) is 31.6 Å². The van der Waals surface area contributed by atoms with E-state index in [0.29, 0.717) is 19.0 Å². The van der Waals surface area contributed by atoms with Crippen LogP contribution in [-0.2, 0) is 16.8 Å². The lowest BCUT2D eigenvalue weighted by atomic mass is 9.96. The van der Waals surface area contributed by atoms with Gasteiger partial charge in [0.1, 0.15) is 12.7 Å². The summed E-state index contributed by atoms with van der Waals surface area (Å²) in [6.07, 6.45) is 10.7. The lowest BCUT2D eigenvalue weighted by Gasteiger charge is -2.38. The number of hydrogen-bond donors (Lipinski definition) is 0. The van der Waals surface area contributed by atoms with Gasteiger partial charge in [-0.2, -0.15) is 22.1 Å². The molecule has 0 aromatic carbocycles. The third-order valence-electron chi connectivity index (χ3n) is 5.17. The minimum Gasteiger partial charge on any atom is -0.253 e. The molecule has 0 spiro atoms. The van der Waals surface area contributed by atoms with Crippen molar-refractivity contribution >= 4 is 10.2 Å². The highest BCUT2D eigenvalue weighted by molar-refractivity contribution is 7.86. The maximum atomic E-state index is 12.9. The van der Waals surface area contributed by atoms with E-state index in [2.05, 4.69) is 10.1 Å². The first-order valence-electron chi connectivity index (χ1n) is 8.63. The molecule has 1 atom stereocenters. The van der Waals surface area contributed by atoms with E-state index in [9.17, 15) is 8.42 Å². The lowest BCUT2D eigenvalue weighted by Crippen LogP contribution is -2.50. The van der Waals surface area contributed by atoms with Crippen molar-refractivity contribution < 1.29 is 8.42 Å². The lowest BCUT2D eigenvalue weighted by molar-refractivity contribution is 0.211. The zero-order valence-corrected chi connectivity index (χ0v) is 14.7. The number of aromatic nitrogens is 3. The summed E-state index contributed by atoms with van der Waals surface area (Å²) in [6, 6.07) is 0.171. The molecule has 7 nitrogen and oxygen atoms in total.